The second kappa shape index (κ2) is 5.36. The fourth-order valence-electron chi connectivity index (χ4n) is 2.02. The van der Waals surface area contributed by atoms with Crippen LogP contribution >= 0.6 is 0 Å². The van der Waals surface area contributed by atoms with Crippen LogP contribution in [0.15, 0.2) is 36.7 Å². The summed E-state index contributed by atoms with van der Waals surface area (Å²) in [6, 6.07) is 8.20. The van der Waals surface area contributed by atoms with E-state index in [0.717, 1.165) is 11.1 Å². The van der Waals surface area contributed by atoms with Crippen molar-refractivity contribution >= 4 is 0 Å². The van der Waals surface area contributed by atoms with E-state index in [1.54, 1.807) is 10.9 Å². The van der Waals surface area contributed by atoms with E-state index in [1.165, 1.54) is 5.56 Å². The summed E-state index contributed by atoms with van der Waals surface area (Å²) in [5.41, 5.74) is 3.31. The van der Waals surface area contributed by atoms with E-state index in [-0.39, 0.29) is 0 Å². The van der Waals surface area contributed by atoms with E-state index in [4.69, 9.17) is 0 Å². The lowest BCUT2D eigenvalue weighted by molar-refractivity contribution is 0.178. The first-order valence-electron chi connectivity index (χ1n) is 6.31. The summed E-state index contributed by atoms with van der Waals surface area (Å²) in [5, 5.41) is 14.3. The van der Waals surface area contributed by atoms with E-state index in [2.05, 4.69) is 31.1 Å². The first-order chi connectivity index (χ1) is 8.56. The van der Waals surface area contributed by atoms with Gasteiger partial charge < -0.3 is 5.11 Å². The Hall–Kier alpha value is -1.61. The molecule has 0 fully saturated rings. The standard InChI is InChI=1S/C15H20N2O/c1-11(2)13-4-6-14(7-5-13)15(18)8-12-9-16-17(3)10-12/h4-7,9-11,15,18H,8H2,1-3H3. The van der Waals surface area contributed by atoms with Crippen molar-refractivity contribution in [3.05, 3.63) is 53.3 Å². The average Bonchev–Trinajstić information content (AvgIpc) is 2.75. The predicted molar refractivity (Wildman–Crippen MR) is 72.4 cm³/mol. The van der Waals surface area contributed by atoms with Gasteiger partial charge in [0.1, 0.15) is 0 Å². The Morgan fingerprint density at radius 1 is 1.17 bits per heavy atom. The summed E-state index contributed by atoms with van der Waals surface area (Å²) >= 11 is 0. The van der Waals surface area contributed by atoms with Crippen LogP contribution in [0.3, 0.4) is 0 Å². The molecule has 0 saturated heterocycles. The molecule has 0 aliphatic carbocycles. The molecule has 3 heteroatoms. The van der Waals surface area contributed by atoms with Crippen LogP contribution in [-0.2, 0) is 13.5 Å². The van der Waals surface area contributed by atoms with Gasteiger partial charge in [0.2, 0.25) is 0 Å². The van der Waals surface area contributed by atoms with Crippen molar-refractivity contribution in [1.82, 2.24) is 9.78 Å². The highest BCUT2D eigenvalue weighted by molar-refractivity contribution is 5.27. The molecule has 96 valence electrons. The SMILES string of the molecule is CC(C)c1ccc(C(O)Cc2cnn(C)c2)cc1. The fraction of sp³-hybridized carbons (Fsp3) is 0.400. The molecule has 1 heterocycles. The molecule has 0 aliphatic heterocycles. The first kappa shape index (κ1) is 12.8. The molecule has 0 amide bonds. The molecule has 0 saturated carbocycles. The quantitative estimate of drug-likeness (QED) is 0.898. The summed E-state index contributed by atoms with van der Waals surface area (Å²) in [6.45, 7) is 4.34. The second-order valence-corrected chi connectivity index (χ2v) is 5.06. The van der Waals surface area contributed by atoms with Crippen molar-refractivity contribution in [1.29, 1.82) is 0 Å². The number of aryl methyl sites for hydroxylation is 1. The summed E-state index contributed by atoms with van der Waals surface area (Å²) in [5.74, 6) is 0.523. The third kappa shape index (κ3) is 2.99. The molecular weight excluding hydrogens is 224 g/mol. The highest BCUT2D eigenvalue weighted by atomic mass is 16.3. The minimum absolute atomic E-state index is 0.463. The minimum Gasteiger partial charge on any atom is -0.388 e. The number of aliphatic hydroxyl groups is 1. The molecular formula is C15H20N2O. The van der Waals surface area contributed by atoms with E-state index in [1.807, 2.05) is 25.4 Å². The largest absolute Gasteiger partial charge is 0.388 e. The first-order valence-corrected chi connectivity index (χ1v) is 6.31. The number of aliphatic hydroxyl groups excluding tert-OH is 1. The Balaban J connectivity index is 2.06. The summed E-state index contributed by atoms with van der Waals surface area (Å²) in [6.07, 6.45) is 3.88. The highest BCUT2D eigenvalue weighted by Gasteiger charge is 2.10. The van der Waals surface area contributed by atoms with Crippen LogP contribution in [0.25, 0.3) is 0 Å². The van der Waals surface area contributed by atoms with E-state index in [9.17, 15) is 5.11 Å². The van der Waals surface area contributed by atoms with Crippen LogP contribution in [0.2, 0.25) is 0 Å². The molecule has 0 aliphatic rings. The molecule has 1 atom stereocenters. The Kier molecular flexibility index (Phi) is 3.82. The van der Waals surface area contributed by atoms with Gasteiger partial charge in [-0.15, -0.1) is 0 Å². The number of rotatable bonds is 4. The minimum atomic E-state index is -0.463. The van der Waals surface area contributed by atoms with Gasteiger partial charge in [-0.05, 0) is 22.6 Å². The van der Waals surface area contributed by atoms with Crippen molar-refractivity contribution in [2.45, 2.75) is 32.3 Å². The van der Waals surface area contributed by atoms with Crippen molar-refractivity contribution in [3.8, 4) is 0 Å². The fourth-order valence-corrected chi connectivity index (χ4v) is 2.02. The summed E-state index contributed by atoms with van der Waals surface area (Å²) in [4.78, 5) is 0. The second-order valence-electron chi connectivity index (χ2n) is 5.06. The lowest BCUT2D eigenvalue weighted by atomic mass is 9.98. The Morgan fingerprint density at radius 2 is 1.78 bits per heavy atom. The van der Waals surface area contributed by atoms with Gasteiger partial charge in [-0.25, -0.2) is 0 Å². The van der Waals surface area contributed by atoms with Crippen LogP contribution in [0, 0.1) is 0 Å². The lowest BCUT2D eigenvalue weighted by Gasteiger charge is -2.11. The van der Waals surface area contributed by atoms with Gasteiger partial charge in [0.15, 0.2) is 0 Å². The number of benzene rings is 1. The van der Waals surface area contributed by atoms with Crippen LogP contribution in [-0.4, -0.2) is 14.9 Å². The van der Waals surface area contributed by atoms with Crippen LogP contribution in [0.4, 0.5) is 0 Å². The summed E-state index contributed by atoms with van der Waals surface area (Å²) < 4.78 is 1.75. The molecule has 1 aromatic heterocycles. The lowest BCUT2D eigenvalue weighted by Crippen LogP contribution is -2.01. The van der Waals surface area contributed by atoms with Gasteiger partial charge in [0.25, 0.3) is 0 Å². The van der Waals surface area contributed by atoms with Crippen molar-refractivity contribution in [3.63, 3.8) is 0 Å². The van der Waals surface area contributed by atoms with E-state index in [0.29, 0.717) is 12.3 Å². The molecule has 1 aromatic carbocycles. The molecule has 18 heavy (non-hydrogen) atoms. The van der Waals surface area contributed by atoms with Crippen LogP contribution in [0.1, 0.15) is 42.6 Å². The van der Waals surface area contributed by atoms with Gasteiger partial charge in [-0.3, -0.25) is 4.68 Å². The normalized spacial score (nSPS) is 12.9. The molecule has 0 bridgehead atoms. The number of aromatic nitrogens is 2. The third-order valence-corrected chi connectivity index (χ3v) is 3.18. The molecule has 1 unspecified atom stereocenters. The Morgan fingerprint density at radius 3 is 2.28 bits per heavy atom. The third-order valence-electron chi connectivity index (χ3n) is 3.18. The number of nitrogens with zero attached hydrogens (tertiary/aromatic N) is 2. The molecule has 2 aromatic rings. The average molecular weight is 244 g/mol. The highest BCUT2D eigenvalue weighted by Crippen LogP contribution is 2.21. The van der Waals surface area contributed by atoms with Gasteiger partial charge in [0, 0.05) is 19.7 Å². The maximum absolute atomic E-state index is 10.2. The topological polar surface area (TPSA) is 38.1 Å². The van der Waals surface area contributed by atoms with Crippen LogP contribution < -0.4 is 0 Å². The van der Waals surface area contributed by atoms with Crippen molar-refractivity contribution in [2.75, 3.05) is 0 Å². The van der Waals surface area contributed by atoms with E-state index >= 15 is 0 Å². The maximum atomic E-state index is 10.2. The number of hydrogen-bond acceptors (Lipinski definition) is 2. The predicted octanol–water partition coefficient (Wildman–Crippen LogP) is 2.82. The molecule has 2 rings (SSSR count). The van der Waals surface area contributed by atoms with Gasteiger partial charge in [-0.2, -0.15) is 5.10 Å². The molecule has 1 N–H and O–H groups in total. The smallest absolute Gasteiger partial charge is 0.0831 e. The Bertz CT molecular complexity index is 499. The number of hydrogen-bond donors (Lipinski definition) is 1. The zero-order chi connectivity index (χ0) is 13.1. The zero-order valence-corrected chi connectivity index (χ0v) is 11.2. The molecule has 0 spiro atoms. The maximum Gasteiger partial charge on any atom is 0.0831 e. The van der Waals surface area contributed by atoms with Gasteiger partial charge in [-0.1, -0.05) is 38.1 Å². The van der Waals surface area contributed by atoms with Gasteiger partial charge in [0.05, 0.1) is 12.3 Å². The molecule has 0 radical (unpaired) electrons. The van der Waals surface area contributed by atoms with E-state index < -0.39 is 6.10 Å². The van der Waals surface area contributed by atoms with Gasteiger partial charge >= 0.3 is 0 Å². The van der Waals surface area contributed by atoms with Crippen molar-refractivity contribution < 1.29 is 5.11 Å². The summed E-state index contributed by atoms with van der Waals surface area (Å²) in [7, 11) is 1.88. The van der Waals surface area contributed by atoms with Crippen LogP contribution in [0.5, 0.6) is 0 Å². The monoisotopic (exact) mass is 244 g/mol. The van der Waals surface area contributed by atoms with Crippen molar-refractivity contribution in [2.24, 2.45) is 7.05 Å². The molecule has 3 nitrogen and oxygen atoms in total. The Labute approximate surface area is 108 Å². The zero-order valence-electron chi connectivity index (χ0n) is 11.2.